The first kappa shape index (κ1) is 67.9. The number of likely N-dealkylation sites (N-methyl/N-ethyl adjacent to an activating group) is 1. The van der Waals surface area contributed by atoms with E-state index in [9.17, 15) is 14.3 Å². The molecule has 0 aliphatic heterocycles. The van der Waals surface area contributed by atoms with Crippen molar-refractivity contribution in [3.63, 3.8) is 0 Å². The van der Waals surface area contributed by atoms with Crippen LogP contribution in [0.2, 0.25) is 0 Å². The van der Waals surface area contributed by atoms with Gasteiger partial charge in [-0.3, -0.25) is 9.36 Å². The Morgan fingerprint density at radius 3 is 1.24 bits per heavy atom. The number of unbranched alkanes of at least 4 members (excludes halogenated alkanes) is 28. The zero-order valence-corrected chi connectivity index (χ0v) is 47.4. The Morgan fingerprint density at radius 2 is 0.829 bits per heavy atom. The number of ether oxygens (including phenoxy) is 2. The van der Waals surface area contributed by atoms with Gasteiger partial charge in [0.1, 0.15) is 19.3 Å². The molecule has 0 aromatic rings. The van der Waals surface area contributed by atoms with Gasteiger partial charge in [0.05, 0.1) is 34.4 Å². The van der Waals surface area contributed by atoms with Crippen molar-refractivity contribution in [1.82, 2.24) is 0 Å². The number of phosphoric ester groups is 1. The maximum atomic E-state index is 12.8. The minimum absolute atomic E-state index is 0.0188. The van der Waals surface area contributed by atoms with Gasteiger partial charge in [0.25, 0.3) is 7.82 Å². The van der Waals surface area contributed by atoms with Crippen molar-refractivity contribution in [1.29, 1.82) is 0 Å². The Balaban J connectivity index is 4.11. The summed E-state index contributed by atoms with van der Waals surface area (Å²) < 4.78 is 34.8. The lowest BCUT2D eigenvalue weighted by molar-refractivity contribution is -0.870. The van der Waals surface area contributed by atoms with Gasteiger partial charge < -0.3 is 27.9 Å². The molecule has 0 spiro atoms. The molecule has 70 heavy (non-hydrogen) atoms. The van der Waals surface area contributed by atoms with E-state index in [1.807, 2.05) is 21.1 Å². The number of rotatable bonds is 54. The van der Waals surface area contributed by atoms with Gasteiger partial charge in [-0.15, -0.1) is 0 Å². The van der Waals surface area contributed by atoms with Crippen molar-refractivity contribution in [3.8, 4) is 0 Å². The first-order valence-electron chi connectivity index (χ1n) is 29.2. The Kier molecular flexibility index (Phi) is 51.7. The summed E-state index contributed by atoms with van der Waals surface area (Å²) in [6.07, 6.45) is 70.9. The third kappa shape index (κ3) is 56.8. The summed E-state index contributed by atoms with van der Waals surface area (Å²) in [5.41, 5.74) is 0. The molecule has 0 saturated heterocycles. The normalized spacial score (nSPS) is 14.0. The lowest BCUT2D eigenvalue weighted by Gasteiger charge is -2.28. The zero-order valence-electron chi connectivity index (χ0n) is 46.5. The molecule has 9 heteroatoms. The smallest absolute Gasteiger partial charge is 0.306 e. The van der Waals surface area contributed by atoms with Crippen LogP contribution in [0.1, 0.15) is 251 Å². The molecular formula is C61H112NO7P. The van der Waals surface area contributed by atoms with Crippen LogP contribution >= 0.6 is 7.82 Å². The molecule has 0 amide bonds. The molecule has 0 aliphatic carbocycles. The molecule has 0 heterocycles. The van der Waals surface area contributed by atoms with Gasteiger partial charge in [-0.25, -0.2) is 0 Å². The predicted molar refractivity (Wildman–Crippen MR) is 300 cm³/mol. The number of quaternary nitrogens is 1. The molecule has 0 fully saturated rings. The van der Waals surface area contributed by atoms with Crippen LogP contribution in [0.3, 0.4) is 0 Å². The lowest BCUT2D eigenvalue weighted by Crippen LogP contribution is -2.37. The highest BCUT2D eigenvalue weighted by Crippen LogP contribution is 2.38. The van der Waals surface area contributed by atoms with E-state index in [-0.39, 0.29) is 32.2 Å². The number of carbonyl (C=O) groups is 1. The van der Waals surface area contributed by atoms with E-state index < -0.39 is 13.9 Å². The van der Waals surface area contributed by atoms with Crippen LogP contribution in [-0.2, 0) is 27.9 Å². The first-order chi connectivity index (χ1) is 34.1. The third-order valence-corrected chi connectivity index (χ3v) is 13.5. The van der Waals surface area contributed by atoms with Gasteiger partial charge in [0.2, 0.25) is 0 Å². The molecule has 0 rings (SSSR count). The van der Waals surface area contributed by atoms with Crippen LogP contribution < -0.4 is 4.89 Å². The molecule has 408 valence electrons. The highest BCUT2D eigenvalue weighted by molar-refractivity contribution is 7.45. The molecule has 2 unspecified atom stereocenters. The van der Waals surface area contributed by atoms with Crippen LogP contribution in [0, 0.1) is 0 Å². The van der Waals surface area contributed by atoms with Gasteiger partial charge in [0.15, 0.2) is 0 Å². The van der Waals surface area contributed by atoms with Crippen molar-refractivity contribution in [2.24, 2.45) is 0 Å². The summed E-state index contributed by atoms with van der Waals surface area (Å²) in [4.78, 5) is 25.3. The number of carbonyl (C=O) groups excluding carboxylic acids is 1. The molecule has 0 radical (unpaired) electrons. The SMILES string of the molecule is CC/C=C\C/C=C\C/C=C\C/C=C\C/C=C\C/C=C\CCCCCCC(=O)OC(COCCCCCCCCCCCCCCCCCCCCCCCCCCC)COP(=O)([O-])OCC[N+](C)(C)C. The Bertz CT molecular complexity index is 1350. The molecule has 0 bridgehead atoms. The van der Waals surface area contributed by atoms with Crippen molar-refractivity contribution in [3.05, 3.63) is 72.9 Å². The molecular weight excluding hydrogens is 890 g/mol. The third-order valence-electron chi connectivity index (χ3n) is 12.5. The summed E-state index contributed by atoms with van der Waals surface area (Å²) in [5, 5.41) is 0. The predicted octanol–water partition coefficient (Wildman–Crippen LogP) is 17.9. The van der Waals surface area contributed by atoms with Crippen molar-refractivity contribution < 1.29 is 37.3 Å². The summed E-state index contributed by atoms with van der Waals surface area (Å²) in [6, 6.07) is 0. The summed E-state index contributed by atoms with van der Waals surface area (Å²) in [5.74, 6) is -0.356. The fourth-order valence-corrected chi connectivity index (χ4v) is 8.81. The van der Waals surface area contributed by atoms with Crippen LogP contribution in [-0.4, -0.2) is 70.7 Å². The van der Waals surface area contributed by atoms with Gasteiger partial charge in [-0.2, -0.15) is 0 Å². The van der Waals surface area contributed by atoms with Crippen molar-refractivity contribution >= 4 is 13.8 Å². The topological polar surface area (TPSA) is 94.1 Å². The second kappa shape index (κ2) is 53.2. The van der Waals surface area contributed by atoms with E-state index in [0.29, 0.717) is 17.6 Å². The molecule has 0 aliphatic rings. The largest absolute Gasteiger partial charge is 0.756 e. The van der Waals surface area contributed by atoms with E-state index in [0.717, 1.165) is 83.5 Å². The van der Waals surface area contributed by atoms with Crippen LogP contribution in [0.15, 0.2) is 72.9 Å². The summed E-state index contributed by atoms with van der Waals surface area (Å²) in [6.45, 7) is 5.30. The molecule has 2 atom stereocenters. The quantitative estimate of drug-likeness (QED) is 0.0197. The number of phosphoric acid groups is 1. The van der Waals surface area contributed by atoms with E-state index in [4.69, 9.17) is 18.5 Å². The highest BCUT2D eigenvalue weighted by Gasteiger charge is 2.20. The van der Waals surface area contributed by atoms with Gasteiger partial charge in [0, 0.05) is 13.0 Å². The monoisotopic (exact) mass is 1000 g/mol. The average molecular weight is 1000 g/mol. The van der Waals surface area contributed by atoms with Crippen LogP contribution in [0.5, 0.6) is 0 Å². The minimum Gasteiger partial charge on any atom is -0.756 e. The maximum absolute atomic E-state index is 12.8. The fourth-order valence-electron chi connectivity index (χ4n) is 8.08. The second-order valence-electron chi connectivity index (χ2n) is 20.6. The van der Waals surface area contributed by atoms with E-state index in [1.165, 1.54) is 148 Å². The molecule has 8 nitrogen and oxygen atoms in total. The van der Waals surface area contributed by atoms with Gasteiger partial charge in [-0.05, 0) is 64.2 Å². The summed E-state index contributed by atoms with van der Waals surface area (Å²) in [7, 11) is 1.34. The standard InChI is InChI=1S/C61H112NO7P/c1-6-8-10-12-14-16-18-20-22-24-26-28-30-31-33-35-37-39-41-43-45-47-49-51-53-56-66-58-60(59-68-70(64,65)67-57-55-62(3,4)5)69-61(63)54-52-50-48-46-44-42-40-38-36-34-32-29-27-25-23-21-19-17-15-13-11-9-7-2/h9,11,15,17,21,23,27,29,34,36,40,42,60H,6-8,10,12-14,16,18-20,22,24-26,28,30-33,35,37-39,41,43-59H2,1-5H3/b11-9-,17-15-,23-21-,29-27-,36-34-,42-40-. The number of hydrogen-bond donors (Lipinski definition) is 0. The van der Waals surface area contributed by atoms with Gasteiger partial charge >= 0.3 is 5.97 Å². The van der Waals surface area contributed by atoms with E-state index in [2.05, 4.69) is 86.8 Å². The average Bonchev–Trinajstić information content (AvgIpc) is 3.32. The second-order valence-corrected chi connectivity index (χ2v) is 22.0. The number of hydrogen-bond acceptors (Lipinski definition) is 7. The molecule has 0 aromatic heterocycles. The van der Waals surface area contributed by atoms with Crippen molar-refractivity contribution in [2.45, 2.75) is 258 Å². The highest BCUT2D eigenvalue weighted by atomic mass is 31.2. The zero-order chi connectivity index (χ0) is 51.2. The van der Waals surface area contributed by atoms with Crippen LogP contribution in [0.25, 0.3) is 0 Å². The van der Waals surface area contributed by atoms with Crippen molar-refractivity contribution in [2.75, 3.05) is 54.1 Å². The fraction of sp³-hybridized carbons (Fsp3) is 0.787. The Hall–Kier alpha value is -2.06. The van der Waals surface area contributed by atoms with E-state index >= 15 is 0 Å². The maximum Gasteiger partial charge on any atom is 0.306 e. The number of esters is 1. The molecule has 0 saturated carbocycles. The lowest BCUT2D eigenvalue weighted by atomic mass is 10.0. The summed E-state index contributed by atoms with van der Waals surface area (Å²) >= 11 is 0. The van der Waals surface area contributed by atoms with Crippen LogP contribution in [0.4, 0.5) is 0 Å². The minimum atomic E-state index is -4.55. The number of allylic oxidation sites excluding steroid dienone is 12. The Labute approximate surface area is 433 Å². The van der Waals surface area contributed by atoms with Gasteiger partial charge in [-0.1, -0.05) is 254 Å². The first-order valence-corrected chi connectivity index (χ1v) is 30.6. The number of nitrogens with zero attached hydrogens (tertiary/aromatic N) is 1. The molecule has 0 N–H and O–H groups in total. The molecule has 0 aromatic carbocycles. The van der Waals surface area contributed by atoms with E-state index in [1.54, 1.807) is 0 Å². The Morgan fingerprint density at radius 1 is 0.457 bits per heavy atom.